The van der Waals surface area contributed by atoms with Crippen LogP contribution < -0.4 is 5.32 Å². The Morgan fingerprint density at radius 3 is 2.67 bits per heavy atom. The van der Waals surface area contributed by atoms with Gasteiger partial charge in [0, 0.05) is 19.4 Å². The fourth-order valence-corrected chi connectivity index (χ4v) is 1.79. The molecular formula is C10H15NO4. The van der Waals surface area contributed by atoms with E-state index >= 15 is 0 Å². The van der Waals surface area contributed by atoms with Gasteiger partial charge in [-0.1, -0.05) is 0 Å². The summed E-state index contributed by atoms with van der Waals surface area (Å²) in [6.07, 6.45) is 2.99. The van der Waals surface area contributed by atoms with Gasteiger partial charge in [0.15, 0.2) is 5.54 Å². The second-order valence-corrected chi connectivity index (χ2v) is 4.39. The molecular weight excluding hydrogens is 198 g/mol. The molecule has 2 fully saturated rings. The molecule has 2 rings (SSSR count). The number of ether oxygens (including phenoxy) is 1. The van der Waals surface area contributed by atoms with Crippen LogP contribution in [0.2, 0.25) is 0 Å². The minimum atomic E-state index is -1.17. The number of rotatable bonds is 4. The minimum Gasteiger partial charge on any atom is -0.479 e. The van der Waals surface area contributed by atoms with Crippen LogP contribution in [0, 0.1) is 5.92 Å². The first-order valence-electron chi connectivity index (χ1n) is 5.24. The van der Waals surface area contributed by atoms with Gasteiger partial charge in [-0.3, -0.25) is 4.79 Å². The molecule has 0 spiro atoms. The van der Waals surface area contributed by atoms with Crippen LogP contribution >= 0.6 is 0 Å². The number of hydrogen-bond acceptors (Lipinski definition) is 3. The second-order valence-electron chi connectivity index (χ2n) is 4.39. The largest absolute Gasteiger partial charge is 0.479 e. The molecule has 0 bridgehead atoms. The monoisotopic (exact) mass is 213 g/mol. The zero-order chi connectivity index (χ0) is 10.9. The van der Waals surface area contributed by atoms with E-state index in [2.05, 4.69) is 5.32 Å². The lowest BCUT2D eigenvalue weighted by molar-refractivity contribution is -0.147. The van der Waals surface area contributed by atoms with Crippen molar-refractivity contribution in [3.8, 4) is 0 Å². The Labute approximate surface area is 87.8 Å². The van der Waals surface area contributed by atoms with Gasteiger partial charge in [0.2, 0.25) is 5.91 Å². The Hall–Kier alpha value is -1.10. The summed E-state index contributed by atoms with van der Waals surface area (Å²) in [4.78, 5) is 22.6. The highest BCUT2D eigenvalue weighted by Crippen LogP contribution is 2.32. The summed E-state index contributed by atoms with van der Waals surface area (Å²) < 4.78 is 5.05. The summed E-state index contributed by atoms with van der Waals surface area (Å²) in [6, 6.07) is 0. The SMILES string of the molecule is O=C(CC1CC1)NC1(C(=O)O)CCOC1. The smallest absolute Gasteiger partial charge is 0.331 e. The molecule has 1 atom stereocenters. The van der Waals surface area contributed by atoms with E-state index in [0.717, 1.165) is 12.8 Å². The average molecular weight is 213 g/mol. The number of nitrogens with one attached hydrogen (secondary N) is 1. The third kappa shape index (κ3) is 2.28. The van der Waals surface area contributed by atoms with Crippen molar-refractivity contribution in [2.24, 2.45) is 5.92 Å². The zero-order valence-corrected chi connectivity index (χ0v) is 8.49. The first-order valence-corrected chi connectivity index (χ1v) is 5.24. The average Bonchev–Trinajstić information content (AvgIpc) is 2.82. The van der Waals surface area contributed by atoms with E-state index in [9.17, 15) is 9.59 Å². The van der Waals surface area contributed by atoms with E-state index in [1.807, 2.05) is 0 Å². The normalized spacial score (nSPS) is 30.1. The molecule has 0 aromatic carbocycles. The summed E-state index contributed by atoms with van der Waals surface area (Å²) in [6.45, 7) is 0.481. The first-order chi connectivity index (χ1) is 7.12. The molecule has 1 aliphatic heterocycles. The van der Waals surface area contributed by atoms with Gasteiger partial charge in [0.1, 0.15) is 0 Å². The third-order valence-corrected chi connectivity index (χ3v) is 2.98. The highest BCUT2D eigenvalue weighted by molar-refractivity contribution is 5.87. The molecule has 84 valence electrons. The van der Waals surface area contributed by atoms with Crippen molar-refractivity contribution in [2.75, 3.05) is 13.2 Å². The maximum absolute atomic E-state index is 11.5. The quantitative estimate of drug-likeness (QED) is 0.696. The molecule has 1 heterocycles. The summed E-state index contributed by atoms with van der Waals surface area (Å²) >= 11 is 0. The lowest BCUT2D eigenvalue weighted by Gasteiger charge is -2.23. The van der Waals surface area contributed by atoms with E-state index in [-0.39, 0.29) is 12.5 Å². The van der Waals surface area contributed by atoms with E-state index in [1.54, 1.807) is 0 Å². The zero-order valence-electron chi connectivity index (χ0n) is 8.49. The van der Waals surface area contributed by atoms with Gasteiger partial charge in [0.25, 0.3) is 0 Å². The Morgan fingerprint density at radius 2 is 2.20 bits per heavy atom. The fourth-order valence-electron chi connectivity index (χ4n) is 1.79. The van der Waals surface area contributed by atoms with Crippen LogP contribution in [-0.4, -0.2) is 35.7 Å². The molecule has 1 amide bonds. The number of carboxylic acids is 1. The van der Waals surface area contributed by atoms with Gasteiger partial charge in [0.05, 0.1) is 6.61 Å². The molecule has 1 saturated heterocycles. The van der Waals surface area contributed by atoms with Crippen LogP contribution in [0.25, 0.3) is 0 Å². The molecule has 5 heteroatoms. The molecule has 1 saturated carbocycles. The predicted octanol–water partition coefficient (Wildman–Crippen LogP) is 0.146. The van der Waals surface area contributed by atoms with Crippen molar-refractivity contribution in [2.45, 2.75) is 31.2 Å². The topological polar surface area (TPSA) is 75.6 Å². The number of carbonyl (C=O) groups excluding carboxylic acids is 1. The van der Waals surface area contributed by atoms with Gasteiger partial charge in [-0.2, -0.15) is 0 Å². The Kier molecular flexibility index (Phi) is 2.65. The van der Waals surface area contributed by atoms with Gasteiger partial charge < -0.3 is 15.2 Å². The van der Waals surface area contributed by atoms with Gasteiger partial charge >= 0.3 is 5.97 Å². The van der Waals surface area contributed by atoms with Crippen LogP contribution in [0.1, 0.15) is 25.7 Å². The van der Waals surface area contributed by atoms with Gasteiger partial charge in [-0.15, -0.1) is 0 Å². The lowest BCUT2D eigenvalue weighted by atomic mass is 9.98. The van der Waals surface area contributed by atoms with Crippen molar-refractivity contribution in [1.82, 2.24) is 5.32 Å². The standard InChI is InChI=1S/C10H15NO4/c12-8(5-7-1-2-7)11-10(9(13)14)3-4-15-6-10/h7H,1-6H2,(H,11,12)(H,13,14). The van der Waals surface area contributed by atoms with E-state index in [1.165, 1.54) is 0 Å². The number of aliphatic carboxylic acids is 1. The van der Waals surface area contributed by atoms with Gasteiger partial charge in [-0.25, -0.2) is 4.79 Å². The summed E-state index contributed by atoms with van der Waals surface area (Å²) in [5.41, 5.74) is -1.17. The van der Waals surface area contributed by atoms with Crippen molar-refractivity contribution in [3.63, 3.8) is 0 Å². The Bertz CT molecular complexity index is 279. The molecule has 1 unspecified atom stereocenters. The van der Waals surface area contributed by atoms with Crippen molar-refractivity contribution in [1.29, 1.82) is 0 Å². The molecule has 1 aliphatic carbocycles. The van der Waals surface area contributed by atoms with Crippen LogP contribution in [-0.2, 0) is 14.3 Å². The number of carboxylic acid groups (broad SMARTS) is 1. The Morgan fingerprint density at radius 1 is 1.47 bits per heavy atom. The van der Waals surface area contributed by atoms with Gasteiger partial charge in [-0.05, 0) is 18.8 Å². The summed E-state index contributed by atoms with van der Waals surface area (Å²) in [5, 5.41) is 11.7. The molecule has 0 radical (unpaired) electrons. The summed E-state index contributed by atoms with van der Waals surface area (Å²) in [7, 11) is 0. The maximum Gasteiger partial charge on any atom is 0.331 e. The van der Waals surface area contributed by atoms with Crippen LogP contribution in [0.15, 0.2) is 0 Å². The third-order valence-electron chi connectivity index (χ3n) is 2.98. The number of carbonyl (C=O) groups is 2. The Balaban J connectivity index is 1.93. The minimum absolute atomic E-state index is 0.0821. The van der Waals surface area contributed by atoms with E-state index in [0.29, 0.717) is 25.4 Å². The molecule has 0 aromatic rings. The summed E-state index contributed by atoms with van der Waals surface area (Å²) in [5.74, 6) is -0.687. The van der Waals surface area contributed by atoms with E-state index in [4.69, 9.17) is 9.84 Å². The van der Waals surface area contributed by atoms with Crippen LogP contribution in [0.4, 0.5) is 0 Å². The highest BCUT2D eigenvalue weighted by atomic mass is 16.5. The van der Waals surface area contributed by atoms with Crippen molar-refractivity contribution < 1.29 is 19.4 Å². The van der Waals surface area contributed by atoms with Crippen LogP contribution in [0.5, 0.6) is 0 Å². The van der Waals surface area contributed by atoms with Crippen LogP contribution in [0.3, 0.4) is 0 Å². The first kappa shape index (κ1) is 10.4. The number of hydrogen-bond donors (Lipinski definition) is 2. The van der Waals surface area contributed by atoms with Crippen molar-refractivity contribution in [3.05, 3.63) is 0 Å². The molecule has 2 N–H and O–H groups in total. The fraction of sp³-hybridized carbons (Fsp3) is 0.800. The molecule has 2 aliphatic rings. The van der Waals surface area contributed by atoms with E-state index < -0.39 is 11.5 Å². The molecule has 0 aromatic heterocycles. The molecule has 15 heavy (non-hydrogen) atoms. The molecule has 5 nitrogen and oxygen atoms in total. The van der Waals surface area contributed by atoms with Crippen molar-refractivity contribution >= 4 is 11.9 Å². The predicted molar refractivity (Wildman–Crippen MR) is 51.3 cm³/mol. The second kappa shape index (κ2) is 3.81. The maximum atomic E-state index is 11.5. The lowest BCUT2D eigenvalue weighted by Crippen LogP contribution is -2.55. The number of amides is 1. The highest BCUT2D eigenvalue weighted by Gasteiger charge is 2.44.